The van der Waals surface area contributed by atoms with Gasteiger partial charge in [-0.3, -0.25) is 0 Å². The van der Waals surface area contributed by atoms with Crippen LogP contribution >= 0.6 is 25.3 Å². The summed E-state index contributed by atoms with van der Waals surface area (Å²) in [5.74, 6) is 0. The van der Waals surface area contributed by atoms with Crippen molar-refractivity contribution in [2.75, 3.05) is 13.1 Å². The lowest BCUT2D eigenvalue weighted by molar-refractivity contribution is 0.474. The Bertz CT molecular complexity index is 542. The fraction of sp³-hybridized carbons (Fsp3) is 0.167. The molecule has 18 heavy (non-hydrogen) atoms. The van der Waals surface area contributed by atoms with Crippen molar-refractivity contribution in [3.05, 3.63) is 43.5 Å². The highest BCUT2D eigenvalue weighted by Crippen LogP contribution is 2.24. The summed E-state index contributed by atoms with van der Waals surface area (Å²) in [4.78, 5) is 1.35. The number of rotatable bonds is 6. The molecule has 0 aliphatic rings. The molecule has 0 saturated carbocycles. The first-order chi connectivity index (χ1) is 8.43. The first-order valence-electron chi connectivity index (χ1n) is 5.17. The van der Waals surface area contributed by atoms with Gasteiger partial charge in [-0.25, -0.2) is 8.42 Å². The Balaban J connectivity index is 3.21. The lowest BCUT2D eigenvalue weighted by Crippen LogP contribution is -2.31. The van der Waals surface area contributed by atoms with Gasteiger partial charge in [-0.05, 0) is 18.2 Å². The van der Waals surface area contributed by atoms with Crippen molar-refractivity contribution in [1.82, 2.24) is 4.31 Å². The molecule has 6 heteroatoms. The zero-order valence-corrected chi connectivity index (χ0v) is 12.4. The van der Waals surface area contributed by atoms with Gasteiger partial charge in [0.05, 0.1) is 4.90 Å². The molecule has 1 rings (SSSR count). The van der Waals surface area contributed by atoms with Gasteiger partial charge >= 0.3 is 0 Å². The van der Waals surface area contributed by atoms with Crippen LogP contribution in [-0.4, -0.2) is 25.8 Å². The molecule has 0 N–H and O–H groups in total. The summed E-state index contributed by atoms with van der Waals surface area (Å²) in [6, 6.07) is 4.61. The number of thiol groups is 2. The minimum Gasteiger partial charge on any atom is -0.207 e. The standard InChI is InChI=1S/C12H15NO2S3/c1-3-7-13(8-4-2)18(14,15)10-5-6-11(16)12(17)9-10/h3-6,9,16-17H,1-2,7-8H2. The van der Waals surface area contributed by atoms with Crippen LogP contribution in [0.2, 0.25) is 0 Å². The summed E-state index contributed by atoms with van der Waals surface area (Å²) in [6.07, 6.45) is 3.07. The minimum atomic E-state index is -3.56. The van der Waals surface area contributed by atoms with Gasteiger partial charge in [-0.2, -0.15) is 4.31 Å². The second-order valence-corrected chi connectivity index (χ2v) is 6.45. The van der Waals surface area contributed by atoms with Crippen LogP contribution in [0.3, 0.4) is 0 Å². The molecule has 0 amide bonds. The van der Waals surface area contributed by atoms with Crippen LogP contribution in [0.25, 0.3) is 0 Å². The second-order valence-electron chi connectivity index (χ2n) is 3.55. The molecule has 0 unspecified atom stereocenters. The molecule has 0 spiro atoms. The van der Waals surface area contributed by atoms with Crippen molar-refractivity contribution < 1.29 is 8.42 Å². The zero-order valence-electron chi connectivity index (χ0n) is 9.78. The van der Waals surface area contributed by atoms with Crippen molar-refractivity contribution in [2.45, 2.75) is 14.7 Å². The van der Waals surface area contributed by atoms with Gasteiger partial charge in [0.15, 0.2) is 0 Å². The Labute approximate surface area is 119 Å². The van der Waals surface area contributed by atoms with E-state index in [-0.39, 0.29) is 18.0 Å². The normalized spacial score (nSPS) is 11.5. The molecule has 0 saturated heterocycles. The molecule has 0 radical (unpaired) electrons. The van der Waals surface area contributed by atoms with Crippen molar-refractivity contribution in [1.29, 1.82) is 0 Å². The van der Waals surface area contributed by atoms with Crippen LogP contribution in [0.1, 0.15) is 0 Å². The maximum Gasteiger partial charge on any atom is 0.243 e. The summed E-state index contributed by atoms with van der Waals surface area (Å²) in [7, 11) is -3.56. The molecule has 0 aliphatic heterocycles. The number of hydrogen-bond acceptors (Lipinski definition) is 4. The van der Waals surface area contributed by atoms with E-state index in [1.165, 1.54) is 28.6 Å². The molecule has 98 valence electrons. The maximum absolute atomic E-state index is 12.3. The van der Waals surface area contributed by atoms with E-state index in [4.69, 9.17) is 0 Å². The van der Waals surface area contributed by atoms with Crippen molar-refractivity contribution >= 4 is 35.3 Å². The van der Waals surface area contributed by atoms with E-state index >= 15 is 0 Å². The van der Waals surface area contributed by atoms with Gasteiger partial charge in [0.2, 0.25) is 10.0 Å². The Morgan fingerprint density at radius 2 is 1.67 bits per heavy atom. The number of benzene rings is 1. The fourth-order valence-electron chi connectivity index (χ4n) is 1.37. The van der Waals surface area contributed by atoms with Gasteiger partial charge in [-0.15, -0.1) is 38.4 Å². The molecular formula is C12H15NO2S3. The van der Waals surface area contributed by atoms with Crippen LogP contribution in [0.4, 0.5) is 0 Å². The van der Waals surface area contributed by atoms with Gasteiger partial charge < -0.3 is 0 Å². The summed E-state index contributed by atoms with van der Waals surface area (Å²) < 4.78 is 26.0. The number of nitrogens with zero attached hydrogens (tertiary/aromatic N) is 1. The predicted molar refractivity (Wildman–Crippen MR) is 80.1 cm³/mol. The molecule has 0 heterocycles. The molecule has 0 aromatic heterocycles. The lowest BCUT2D eigenvalue weighted by atomic mass is 10.4. The first-order valence-corrected chi connectivity index (χ1v) is 7.51. The third kappa shape index (κ3) is 3.41. The predicted octanol–water partition coefficient (Wildman–Crippen LogP) is 2.63. The summed E-state index contributed by atoms with van der Waals surface area (Å²) in [5, 5.41) is 0. The summed E-state index contributed by atoms with van der Waals surface area (Å²) >= 11 is 8.33. The van der Waals surface area contributed by atoms with E-state index in [9.17, 15) is 8.42 Å². The SMILES string of the molecule is C=CCN(CC=C)S(=O)(=O)c1ccc(S)c(S)c1. The van der Waals surface area contributed by atoms with Crippen LogP contribution in [0, 0.1) is 0 Å². The van der Waals surface area contributed by atoms with Crippen molar-refractivity contribution in [3.8, 4) is 0 Å². The van der Waals surface area contributed by atoms with E-state index in [0.29, 0.717) is 9.79 Å². The molecule has 0 aliphatic carbocycles. The first kappa shape index (κ1) is 15.4. The van der Waals surface area contributed by atoms with E-state index in [2.05, 4.69) is 38.4 Å². The summed E-state index contributed by atoms with van der Waals surface area (Å²) in [6.45, 7) is 7.58. The molecule has 0 fully saturated rings. The molecule has 0 bridgehead atoms. The zero-order chi connectivity index (χ0) is 13.8. The van der Waals surface area contributed by atoms with Crippen LogP contribution in [0.15, 0.2) is 58.2 Å². The van der Waals surface area contributed by atoms with E-state index in [0.717, 1.165) is 0 Å². The average Bonchev–Trinajstić information content (AvgIpc) is 2.32. The van der Waals surface area contributed by atoms with Crippen molar-refractivity contribution in [2.24, 2.45) is 0 Å². The van der Waals surface area contributed by atoms with E-state index in [1.54, 1.807) is 6.07 Å². The topological polar surface area (TPSA) is 37.4 Å². The van der Waals surface area contributed by atoms with Gasteiger partial charge in [-0.1, -0.05) is 12.2 Å². The average molecular weight is 301 g/mol. The molecule has 0 atom stereocenters. The van der Waals surface area contributed by atoms with Crippen LogP contribution in [-0.2, 0) is 10.0 Å². The number of sulfonamides is 1. The quantitative estimate of drug-likeness (QED) is 0.626. The Morgan fingerprint density at radius 3 is 2.11 bits per heavy atom. The Morgan fingerprint density at radius 1 is 1.11 bits per heavy atom. The highest BCUT2D eigenvalue weighted by atomic mass is 32.2. The highest BCUT2D eigenvalue weighted by molar-refractivity contribution is 7.89. The van der Waals surface area contributed by atoms with Crippen LogP contribution in [0.5, 0.6) is 0 Å². The minimum absolute atomic E-state index is 0.189. The highest BCUT2D eigenvalue weighted by Gasteiger charge is 2.22. The maximum atomic E-state index is 12.3. The van der Waals surface area contributed by atoms with E-state index in [1.807, 2.05) is 0 Å². The lowest BCUT2D eigenvalue weighted by Gasteiger charge is -2.19. The molecular weight excluding hydrogens is 286 g/mol. The van der Waals surface area contributed by atoms with Gasteiger partial charge in [0.25, 0.3) is 0 Å². The monoisotopic (exact) mass is 301 g/mol. The molecule has 1 aromatic carbocycles. The third-order valence-electron chi connectivity index (χ3n) is 2.25. The Hall–Kier alpha value is -0.690. The van der Waals surface area contributed by atoms with E-state index < -0.39 is 10.0 Å². The number of hydrogen-bond donors (Lipinski definition) is 2. The molecule has 3 nitrogen and oxygen atoms in total. The van der Waals surface area contributed by atoms with Crippen molar-refractivity contribution in [3.63, 3.8) is 0 Å². The largest absolute Gasteiger partial charge is 0.243 e. The second kappa shape index (κ2) is 6.47. The summed E-state index contributed by atoms with van der Waals surface area (Å²) in [5.41, 5.74) is 0. The molecule has 1 aromatic rings. The Kier molecular flexibility index (Phi) is 5.52. The van der Waals surface area contributed by atoms with Gasteiger partial charge in [0.1, 0.15) is 0 Å². The van der Waals surface area contributed by atoms with Crippen LogP contribution < -0.4 is 0 Å². The third-order valence-corrected chi connectivity index (χ3v) is 5.01. The van der Waals surface area contributed by atoms with Gasteiger partial charge in [0, 0.05) is 22.9 Å². The fourth-order valence-corrected chi connectivity index (χ4v) is 3.22. The smallest absolute Gasteiger partial charge is 0.207 e.